The number of hydrogen-bond acceptors (Lipinski definition) is 4. The molecule has 0 unspecified atom stereocenters. The summed E-state index contributed by atoms with van der Waals surface area (Å²) in [7, 11) is 1.54. The predicted molar refractivity (Wildman–Crippen MR) is 127 cm³/mol. The van der Waals surface area contributed by atoms with Gasteiger partial charge in [0.05, 0.1) is 12.7 Å². The number of hydrogen-bond donors (Lipinski definition) is 1. The van der Waals surface area contributed by atoms with Gasteiger partial charge < -0.3 is 14.5 Å². The third-order valence-electron chi connectivity index (χ3n) is 5.37. The number of nitrogens with one attached hydrogen (secondary N) is 1. The lowest BCUT2D eigenvalue weighted by Crippen LogP contribution is -2.13. The van der Waals surface area contributed by atoms with E-state index in [9.17, 15) is 4.79 Å². The number of rotatable bonds is 6. The minimum Gasteiger partial charge on any atom is -0.496 e. The normalized spacial score (nSPS) is 12.0. The summed E-state index contributed by atoms with van der Waals surface area (Å²) >= 11 is 3.40. The van der Waals surface area contributed by atoms with Crippen LogP contribution in [0.2, 0.25) is 0 Å². The molecule has 4 rings (SSSR count). The average molecular weight is 479 g/mol. The average Bonchev–Trinajstić information content (AvgIpc) is 3.22. The standard InChI is InChI=1S/C25H23BrN2O3/c1-4-15(2)16-8-10-23-21(13-16)28-25(31-23)17-6-5-7-19(12-17)27-24(29)20-14-18(26)9-11-22(20)30-3/h5-15H,4H2,1-3H3,(H,27,29)/t15-/m1/s1. The van der Waals surface area contributed by atoms with Crippen LogP contribution in [0.1, 0.15) is 42.1 Å². The number of methoxy groups -OCH3 is 1. The number of fused-ring (bicyclic) bond motifs is 1. The minimum atomic E-state index is -0.258. The molecule has 0 fully saturated rings. The van der Waals surface area contributed by atoms with Crippen LogP contribution in [-0.4, -0.2) is 18.0 Å². The van der Waals surface area contributed by atoms with Crippen molar-refractivity contribution in [3.05, 3.63) is 76.3 Å². The maximum absolute atomic E-state index is 12.8. The van der Waals surface area contributed by atoms with Crippen LogP contribution >= 0.6 is 15.9 Å². The van der Waals surface area contributed by atoms with Crippen LogP contribution in [0.4, 0.5) is 5.69 Å². The summed E-state index contributed by atoms with van der Waals surface area (Å²) in [5.74, 6) is 1.24. The van der Waals surface area contributed by atoms with E-state index in [1.165, 1.54) is 5.56 Å². The number of benzene rings is 3. The SMILES string of the molecule is CC[C@@H](C)c1ccc2oc(-c3cccc(NC(=O)c4cc(Br)ccc4OC)c3)nc2c1. The van der Waals surface area contributed by atoms with Crippen LogP contribution in [0.15, 0.2) is 69.6 Å². The van der Waals surface area contributed by atoms with Gasteiger partial charge in [-0.25, -0.2) is 4.98 Å². The molecule has 6 heteroatoms. The first-order valence-electron chi connectivity index (χ1n) is 10.1. The maximum atomic E-state index is 12.8. The topological polar surface area (TPSA) is 64.4 Å². The second-order valence-corrected chi connectivity index (χ2v) is 8.35. The molecule has 1 aromatic heterocycles. The van der Waals surface area contributed by atoms with Gasteiger partial charge in [-0.1, -0.05) is 41.9 Å². The van der Waals surface area contributed by atoms with E-state index in [-0.39, 0.29) is 5.91 Å². The minimum absolute atomic E-state index is 0.258. The lowest BCUT2D eigenvalue weighted by Gasteiger charge is -2.10. The highest BCUT2D eigenvalue weighted by atomic mass is 79.9. The second-order valence-electron chi connectivity index (χ2n) is 7.44. The molecule has 0 saturated heterocycles. The van der Waals surface area contributed by atoms with Crippen molar-refractivity contribution in [1.82, 2.24) is 4.98 Å². The van der Waals surface area contributed by atoms with E-state index < -0.39 is 0 Å². The molecule has 0 spiro atoms. The Labute approximate surface area is 189 Å². The van der Waals surface area contributed by atoms with Crippen molar-refractivity contribution >= 4 is 38.6 Å². The summed E-state index contributed by atoms with van der Waals surface area (Å²) in [6.45, 7) is 4.38. The molecule has 3 aromatic carbocycles. The molecular weight excluding hydrogens is 456 g/mol. The highest BCUT2D eigenvalue weighted by Crippen LogP contribution is 2.30. The molecule has 0 aliphatic carbocycles. The van der Waals surface area contributed by atoms with Crippen LogP contribution < -0.4 is 10.1 Å². The first-order valence-corrected chi connectivity index (χ1v) is 10.9. The molecule has 31 heavy (non-hydrogen) atoms. The zero-order valence-electron chi connectivity index (χ0n) is 17.6. The fourth-order valence-electron chi connectivity index (χ4n) is 3.40. The first-order chi connectivity index (χ1) is 15.0. The highest BCUT2D eigenvalue weighted by Gasteiger charge is 2.15. The van der Waals surface area contributed by atoms with Crippen molar-refractivity contribution < 1.29 is 13.9 Å². The monoisotopic (exact) mass is 478 g/mol. The van der Waals surface area contributed by atoms with Gasteiger partial charge in [0.15, 0.2) is 5.58 Å². The molecular formula is C25H23BrN2O3. The molecule has 1 heterocycles. The number of oxazole rings is 1. The van der Waals surface area contributed by atoms with E-state index in [1.54, 1.807) is 19.2 Å². The quantitative estimate of drug-likeness (QED) is 0.322. The molecule has 0 bridgehead atoms. The van der Waals surface area contributed by atoms with Crippen molar-refractivity contribution in [2.75, 3.05) is 12.4 Å². The molecule has 0 aliphatic heterocycles. The molecule has 0 radical (unpaired) electrons. The summed E-state index contributed by atoms with van der Waals surface area (Å²) in [6.07, 6.45) is 1.07. The first kappa shape index (κ1) is 21.1. The third-order valence-corrected chi connectivity index (χ3v) is 5.86. The summed E-state index contributed by atoms with van der Waals surface area (Å²) in [5, 5.41) is 2.93. The fraction of sp³-hybridized carbons (Fsp3) is 0.200. The Hall–Kier alpha value is -3.12. The Balaban J connectivity index is 1.61. The van der Waals surface area contributed by atoms with Crippen LogP contribution in [0.5, 0.6) is 5.75 Å². The Morgan fingerprint density at radius 1 is 1.16 bits per heavy atom. The van der Waals surface area contributed by atoms with E-state index in [2.05, 4.69) is 52.2 Å². The number of carbonyl (C=O) groups is 1. The molecule has 1 atom stereocenters. The van der Waals surface area contributed by atoms with Crippen LogP contribution in [0.25, 0.3) is 22.6 Å². The zero-order chi connectivity index (χ0) is 22.0. The highest BCUT2D eigenvalue weighted by molar-refractivity contribution is 9.10. The van der Waals surface area contributed by atoms with Gasteiger partial charge in [0, 0.05) is 15.7 Å². The molecule has 4 aromatic rings. The predicted octanol–water partition coefficient (Wildman–Crippen LogP) is 7.03. The summed E-state index contributed by atoms with van der Waals surface area (Å²) < 4.78 is 12.1. The van der Waals surface area contributed by atoms with E-state index >= 15 is 0 Å². The number of ether oxygens (including phenoxy) is 1. The van der Waals surface area contributed by atoms with Gasteiger partial charge >= 0.3 is 0 Å². The van der Waals surface area contributed by atoms with Crippen molar-refractivity contribution in [3.8, 4) is 17.2 Å². The molecule has 1 N–H and O–H groups in total. The molecule has 1 amide bonds. The van der Waals surface area contributed by atoms with Gasteiger partial charge in [-0.05, 0) is 66.4 Å². The molecule has 0 aliphatic rings. The maximum Gasteiger partial charge on any atom is 0.259 e. The number of halogens is 1. The molecule has 0 saturated carbocycles. The number of anilines is 1. The molecule has 5 nitrogen and oxygen atoms in total. The van der Waals surface area contributed by atoms with Gasteiger partial charge in [-0.2, -0.15) is 0 Å². The van der Waals surface area contributed by atoms with Gasteiger partial charge in [0.1, 0.15) is 11.3 Å². The van der Waals surface area contributed by atoms with Gasteiger partial charge in [-0.15, -0.1) is 0 Å². The number of amides is 1. The summed E-state index contributed by atoms with van der Waals surface area (Å²) in [4.78, 5) is 17.5. The second kappa shape index (κ2) is 8.94. The zero-order valence-corrected chi connectivity index (χ0v) is 19.2. The smallest absolute Gasteiger partial charge is 0.259 e. The van der Waals surface area contributed by atoms with E-state index in [1.807, 2.05) is 36.4 Å². The van der Waals surface area contributed by atoms with Gasteiger partial charge in [0.2, 0.25) is 5.89 Å². The van der Waals surface area contributed by atoms with Crippen molar-refractivity contribution in [3.63, 3.8) is 0 Å². The third kappa shape index (κ3) is 4.49. The lowest BCUT2D eigenvalue weighted by molar-refractivity contribution is 0.102. The van der Waals surface area contributed by atoms with Crippen LogP contribution in [0, 0.1) is 0 Å². The Morgan fingerprint density at radius 2 is 2.00 bits per heavy atom. The van der Waals surface area contributed by atoms with Crippen molar-refractivity contribution in [2.45, 2.75) is 26.2 Å². The van der Waals surface area contributed by atoms with Crippen molar-refractivity contribution in [1.29, 1.82) is 0 Å². The van der Waals surface area contributed by atoms with Crippen LogP contribution in [-0.2, 0) is 0 Å². The fourth-order valence-corrected chi connectivity index (χ4v) is 3.76. The van der Waals surface area contributed by atoms with E-state index in [0.717, 1.165) is 27.6 Å². The number of carbonyl (C=O) groups excluding carboxylic acids is 1. The lowest BCUT2D eigenvalue weighted by atomic mass is 9.98. The Bertz CT molecular complexity index is 1250. The van der Waals surface area contributed by atoms with Gasteiger partial charge in [-0.3, -0.25) is 4.79 Å². The molecule has 158 valence electrons. The summed E-state index contributed by atoms with van der Waals surface area (Å²) in [5.41, 5.74) is 4.71. The van der Waals surface area contributed by atoms with E-state index in [4.69, 9.17) is 9.15 Å². The van der Waals surface area contributed by atoms with Crippen LogP contribution in [0.3, 0.4) is 0 Å². The largest absolute Gasteiger partial charge is 0.496 e. The number of aromatic nitrogens is 1. The Kier molecular flexibility index (Phi) is 6.09. The van der Waals surface area contributed by atoms with Gasteiger partial charge in [0.25, 0.3) is 5.91 Å². The summed E-state index contributed by atoms with van der Waals surface area (Å²) in [6, 6.07) is 18.9. The van der Waals surface area contributed by atoms with Crippen molar-refractivity contribution in [2.24, 2.45) is 0 Å². The van der Waals surface area contributed by atoms with E-state index in [0.29, 0.717) is 28.8 Å². The Morgan fingerprint density at radius 3 is 2.77 bits per heavy atom. The number of nitrogens with zero attached hydrogens (tertiary/aromatic N) is 1.